The molecule has 0 saturated heterocycles. The van der Waals surface area contributed by atoms with Crippen molar-refractivity contribution in [1.82, 2.24) is 0 Å². The molecule has 4 aromatic rings. The van der Waals surface area contributed by atoms with Gasteiger partial charge in [-0.05, 0) is 46.7 Å². The van der Waals surface area contributed by atoms with Crippen LogP contribution >= 0.6 is 0 Å². The van der Waals surface area contributed by atoms with Crippen LogP contribution in [-0.2, 0) is 6.42 Å². The summed E-state index contributed by atoms with van der Waals surface area (Å²) < 4.78 is 62.7. The highest BCUT2D eigenvalue weighted by Crippen LogP contribution is 2.34. The number of rotatable bonds is 5. The van der Waals surface area contributed by atoms with Gasteiger partial charge in [0.2, 0.25) is 0 Å². The van der Waals surface area contributed by atoms with Gasteiger partial charge in [0.25, 0.3) is 0 Å². The summed E-state index contributed by atoms with van der Waals surface area (Å²) in [6.07, 6.45) is 1.91. The molecule has 0 unspecified atom stereocenters. The van der Waals surface area contributed by atoms with Gasteiger partial charge in [0, 0.05) is 16.5 Å². The predicted molar refractivity (Wildman–Crippen MR) is 115 cm³/mol. The molecule has 4 aromatic carbocycles. The van der Waals surface area contributed by atoms with Crippen LogP contribution in [0.25, 0.3) is 33.0 Å². The van der Waals surface area contributed by atoms with Crippen molar-refractivity contribution in [3.8, 4) is 28.0 Å². The van der Waals surface area contributed by atoms with Gasteiger partial charge in [0.05, 0.1) is 7.11 Å². The average molecular weight is 424 g/mol. The van der Waals surface area contributed by atoms with Crippen molar-refractivity contribution in [3.05, 3.63) is 89.5 Å². The van der Waals surface area contributed by atoms with E-state index in [1.807, 2.05) is 18.2 Å². The Balaban J connectivity index is 1.75. The third kappa shape index (κ3) is 3.88. The van der Waals surface area contributed by atoms with E-state index in [4.69, 9.17) is 0 Å². The van der Waals surface area contributed by atoms with Crippen LogP contribution in [0.3, 0.4) is 0 Å². The lowest BCUT2D eigenvalue weighted by molar-refractivity contribution is 0.360. The third-order valence-corrected chi connectivity index (χ3v) is 5.35. The number of benzene rings is 4. The quantitative estimate of drug-likeness (QED) is 0.298. The highest BCUT2D eigenvalue weighted by molar-refractivity contribution is 5.89. The third-order valence-electron chi connectivity index (χ3n) is 5.35. The van der Waals surface area contributed by atoms with Crippen molar-refractivity contribution in [2.24, 2.45) is 0 Å². The van der Waals surface area contributed by atoms with E-state index >= 15 is 4.39 Å². The molecule has 0 bridgehead atoms. The number of ether oxygens (including phenoxy) is 1. The molecule has 0 radical (unpaired) electrons. The minimum Gasteiger partial charge on any atom is -0.491 e. The van der Waals surface area contributed by atoms with Crippen LogP contribution in [-0.4, -0.2) is 7.11 Å². The zero-order valence-electron chi connectivity index (χ0n) is 17.1. The molecule has 0 heterocycles. The van der Waals surface area contributed by atoms with E-state index < -0.39 is 29.0 Å². The molecule has 0 spiro atoms. The van der Waals surface area contributed by atoms with E-state index in [0.29, 0.717) is 10.9 Å². The standard InChI is InChI=1S/C26H20F4O/c1-3-4-15-5-8-20-16(11-15)7-10-21(25(20)30)17-6-9-19(22(27)12-17)18-13-23(28)26(31-2)24(29)14-18/h5-14H,3-4H2,1-2H3. The van der Waals surface area contributed by atoms with E-state index in [9.17, 15) is 13.2 Å². The topological polar surface area (TPSA) is 9.23 Å². The summed E-state index contributed by atoms with van der Waals surface area (Å²) in [5.41, 5.74) is 1.77. The van der Waals surface area contributed by atoms with Crippen molar-refractivity contribution in [3.63, 3.8) is 0 Å². The highest BCUT2D eigenvalue weighted by atomic mass is 19.1. The maximum atomic E-state index is 15.2. The first-order valence-electron chi connectivity index (χ1n) is 9.97. The second-order valence-corrected chi connectivity index (χ2v) is 7.40. The van der Waals surface area contributed by atoms with Crippen molar-refractivity contribution >= 4 is 10.8 Å². The van der Waals surface area contributed by atoms with Crippen LogP contribution < -0.4 is 4.74 Å². The highest BCUT2D eigenvalue weighted by Gasteiger charge is 2.16. The number of methoxy groups -OCH3 is 1. The molecular weight excluding hydrogens is 404 g/mol. The molecule has 0 aliphatic heterocycles. The van der Waals surface area contributed by atoms with Crippen molar-refractivity contribution < 1.29 is 22.3 Å². The van der Waals surface area contributed by atoms with Gasteiger partial charge in [-0.3, -0.25) is 0 Å². The first-order chi connectivity index (χ1) is 14.9. The molecule has 0 amide bonds. The maximum Gasteiger partial charge on any atom is 0.190 e. The molecule has 0 fully saturated rings. The maximum absolute atomic E-state index is 15.2. The molecule has 0 aliphatic rings. The summed E-state index contributed by atoms with van der Waals surface area (Å²) >= 11 is 0. The van der Waals surface area contributed by atoms with Crippen molar-refractivity contribution in [2.75, 3.05) is 7.11 Å². The molecular formula is C26H20F4O. The largest absolute Gasteiger partial charge is 0.491 e. The molecule has 0 aliphatic carbocycles. The van der Waals surface area contributed by atoms with Gasteiger partial charge in [0.1, 0.15) is 11.6 Å². The van der Waals surface area contributed by atoms with Crippen LogP contribution in [0, 0.1) is 23.3 Å². The van der Waals surface area contributed by atoms with Gasteiger partial charge in [-0.2, -0.15) is 0 Å². The Kier molecular flexibility index (Phi) is 5.68. The van der Waals surface area contributed by atoms with Gasteiger partial charge in [0.15, 0.2) is 17.4 Å². The molecule has 4 rings (SSSR count). The second kappa shape index (κ2) is 8.42. The summed E-state index contributed by atoms with van der Waals surface area (Å²) in [6, 6.07) is 15.1. The Morgan fingerprint density at radius 3 is 2.03 bits per heavy atom. The van der Waals surface area contributed by atoms with Crippen LogP contribution in [0.2, 0.25) is 0 Å². The van der Waals surface area contributed by atoms with Crippen LogP contribution in [0.5, 0.6) is 5.75 Å². The summed E-state index contributed by atoms with van der Waals surface area (Å²) in [6.45, 7) is 2.08. The molecule has 5 heteroatoms. The Morgan fingerprint density at radius 2 is 1.39 bits per heavy atom. The fourth-order valence-electron chi connectivity index (χ4n) is 3.84. The minimum absolute atomic E-state index is 0.00890. The monoisotopic (exact) mass is 424 g/mol. The number of aryl methyl sites for hydroxylation is 1. The summed E-state index contributed by atoms with van der Waals surface area (Å²) in [5, 5.41) is 1.25. The van der Waals surface area contributed by atoms with E-state index in [1.165, 1.54) is 18.2 Å². The summed E-state index contributed by atoms with van der Waals surface area (Å²) in [7, 11) is 1.15. The molecule has 0 N–H and O–H groups in total. The van der Waals surface area contributed by atoms with E-state index in [2.05, 4.69) is 11.7 Å². The zero-order valence-corrected chi connectivity index (χ0v) is 17.1. The van der Waals surface area contributed by atoms with Gasteiger partial charge in [-0.15, -0.1) is 0 Å². The predicted octanol–water partition coefficient (Wildman–Crippen LogP) is 7.69. The average Bonchev–Trinajstić information content (AvgIpc) is 2.74. The fourth-order valence-corrected chi connectivity index (χ4v) is 3.84. The number of hydrogen-bond donors (Lipinski definition) is 0. The zero-order chi connectivity index (χ0) is 22.1. The minimum atomic E-state index is -0.927. The van der Waals surface area contributed by atoms with E-state index in [0.717, 1.165) is 43.0 Å². The number of hydrogen-bond acceptors (Lipinski definition) is 1. The van der Waals surface area contributed by atoms with Gasteiger partial charge < -0.3 is 4.74 Å². The molecule has 0 aromatic heterocycles. The van der Waals surface area contributed by atoms with Gasteiger partial charge in [-0.1, -0.05) is 55.8 Å². The second-order valence-electron chi connectivity index (χ2n) is 7.40. The van der Waals surface area contributed by atoms with E-state index in [-0.39, 0.29) is 16.7 Å². The van der Waals surface area contributed by atoms with Crippen LogP contribution in [0.15, 0.2) is 60.7 Å². The Hall–Kier alpha value is -3.34. The lowest BCUT2D eigenvalue weighted by atomic mass is 9.96. The normalized spacial score (nSPS) is 11.2. The number of fused-ring (bicyclic) bond motifs is 1. The smallest absolute Gasteiger partial charge is 0.190 e. The SMILES string of the molecule is CCCc1ccc2c(F)c(-c3ccc(-c4cc(F)c(OC)c(F)c4)c(F)c3)ccc2c1. The molecule has 31 heavy (non-hydrogen) atoms. The molecule has 158 valence electrons. The number of halogens is 4. The molecule has 1 nitrogen and oxygen atoms in total. The van der Waals surface area contributed by atoms with Crippen LogP contribution in [0.4, 0.5) is 17.6 Å². The lowest BCUT2D eigenvalue weighted by Crippen LogP contribution is -1.95. The Labute approximate surface area is 177 Å². The summed E-state index contributed by atoms with van der Waals surface area (Å²) in [4.78, 5) is 0. The molecule has 0 atom stereocenters. The van der Waals surface area contributed by atoms with E-state index in [1.54, 1.807) is 12.1 Å². The Morgan fingerprint density at radius 1 is 0.710 bits per heavy atom. The summed E-state index contributed by atoms with van der Waals surface area (Å²) in [5.74, 6) is -3.53. The fraction of sp³-hybridized carbons (Fsp3) is 0.154. The van der Waals surface area contributed by atoms with Crippen LogP contribution in [0.1, 0.15) is 18.9 Å². The van der Waals surface area contributed by atoms with Crippen molar-refractivity contribution in [2.45, 2.75) is 19.8 Å². The van der Waals surface area contributed by atoms with Gasteiger partial charge in [-0.25, -0.2) is 17.6 Å². The Bertz CT molecular complexity index is 1260. The van der Waals surface area contributed by atoms with Gasteiger partial charge >= 0.3 is 0 Å². The molecule has 0 saturated carbocycles. The lowest BCUT2D eigenvalue weighted by Gasteiger charge is -2.11. The first-order valence-corrected chi connectivity index (χ1v) is 9.97. The van der Waals surface area contributed by atoms with Crippen molar-refractivity contribution in [1.29, 1.82) is 0 Å². The first kappa shape index (κ1) is 20.9.